The van der Waals surface area contributed by atoms with Crippen LogP contribution in [0.15, 0.2) is 18.2 Å². The van der Waals surface area contributed by atoms with Crippen LogP contribution >= 0.6 is 0 Å². The van der Waals surface area contributed by atoms with Gasteiger partial charge in [0.15, 0.2) is 0 Å². The lowest BCUT2D eigenvalue weighted by molar-refractivity contribution is 0.178. The van der Waals surface area contributed by atoms with Gasteiger partial charge in [-0.25, -0.2) is 0 Å². The molecule has 0 radical (unpaired) electrons. The van der Waals surface area contributed by atoms with Crippen molar-refractivity contribution >= 4 is 0 Å². The van der Waals surface area contributed by atoms with Gasteiger partial charge in [0.2, 0.25) is 0 Å². The molecule has 0 bridgehead atoms. The molecule has 0 aliphatic heterocycles. The highest BCUT2D eigenvalue weighted by molar-refractivity contribution is 5.33. The standard InChI is InChI=1S/C14H20O/c1-10-3-4-12-5-6-13(11(2)9-15)8-14(12)7-10/h3-4,7,11,13,15H,5-6,8-9H2,1-2H3. The Morgan fingerprint density at radius 3 is 2.93 bits per heavy atom. The zero-order chi connectivity index (χ0) is 10.8. The average Bonchev–Trinajstić information content (AvgIpc) is 2.27. The van der Waals surface area contributed by atoms with Crippen molar-refractivity contribution in [1.29, 1.82) is 0 Å². The van der Waals surface area contributed by atoms with Gasteiger partial charge in [-0.2, -0.15) is 0 Å². The molecule has 0 spiro atoms. The number of rotatable bonds is 2. The summed E-state index contributed by atoms with van der Waals surface area (Å²) in [7, 11) is 0. The molecule has 0 saturated heterocycles. The zero-order valence-corrected chi connectivity index (χ0v) is 9.66. The Labute approximate surface area is 92.1 Å². The topological polar surface area (TPSA) is 20.2 Å². The molecule has 0 aromatic heterocycles. The summed E-state index contributed by atoms with van der Waals surface area (Å²) in [5.74, 6) is 1.11. The van der Waals surface area contributed by atoms with E-state index < -0.39 is 0 Å². The summed E-state index contributed by atoms with van der Waals surface area (Å²) in [6.45, 7) is 4.64. The van der Waals surface area contributed by atoms with Gasteiger partial charge in [0, 0.05) is 6.61 Å². The summed E-state index contributed by atoms with van der Waals surface area (Å²) < 4.78 is 0. The third kappa shape index (κ3) is 2.23. The molecular formula is C14H20O. The van der Waals surface area contributed by atoms with E-state index in [2.05, 4.69) is 32.0 Å². The summed E-state index contributed by atoms with van der Waals surface area (Å²) in [5.41, 5.74) is 4.37. The van der Waals surface area contributed by atoms with Crippen LogP contribution in [-0.2, 0) is 12.8 Å². The van der Waals surface area contributed by atoms with Crippen molar-refractivity contribution in [1.82, 2.24) is 0 Å². The maximum absolute atomic E-state index is 9.19. The van der Waals surface area contributed by atoms with E-state index in [1.807, 2.05) is 0 Å². The molecular weight excluding hydrogens is 184 g/mol. The molecule has 0 heterocycles. The van der Waals surface area contributed by atoms with Crippen LogP contribution in [0.5, 0.6) is 0 Å². The fourth-order valence-electron chi connectivity index (χ4n) is 2.55. The SMILES string of the molecule is Cc1ccc2c(c1)CC(C(C)CO)CC2. The molecule has 1 N–H and O–H groups in total. The third-order valence-corrected chi connectivity index (χ3v) is 3.72. The lowest BCUT2D eigenvalue weighted by atomic mass is 9.77. The van der Waals surface area contributed by atoms with E-state index in [0.29, 0.717) is 18.4 Å². The minimum atomic E-state index is 0.325. The van der Waals surface area contributed by atoms with Gasteiger partial charge >= 0.3 is 0 Å². The highest BCUT2D eigenvalue weighted by Gasteiger charge is 2.22. The van der Waals surface area contributed by atoms with E-state index in [1.54, 1.807) is 0 Å². The number of aliphatic hydroxyl groups excluding tert-OH is 1. The minimum Gasteiger partial charge on any atom is -0.396 e. The van der Waals surface area contributed by atoms with Crippen molar-refractivity contribution in [2.24, 2.45) is 11.8 Å². The predicted molar refractivity (Wildman–Crippen MR) is 62.9 cm³/mol. The van der Waals surface area contributed by atoms with E-state index >= 15 is 0 Å². The van der Waals surface area contributed by atoms with Gasteiger partial charge in [0.05, 0.1) is 0 Å². The zero-order valence-electron chi connectivity index (χ0n) is 9.66. The summed E-state index contributed by atoms with van der Waals surface area (Å²) >= 11 is 0. The second-order valence-electron chi connectivity index (χ2n) is 4.93. The van der Waals surface area contributed by atoms with Crippen molar-refractivity contribution in [3.8, 4) is 0 Å². The second kappa shape index (κ2) is 4.36. The molecule has 82 valence electrons. The monoisotopic (exact) mass is 204 g/mol. The predicted octanol–water partition coefficient (Wildman–Crippen LogP) is 2.73. The first kappa shape index (κ1) is 10.7. The highest BCUT2D eigenvalue weighted by Crippen LogP contribution is 2.30. The van der Waals surface area contributed by atoms with Gasteiger partial charge in [-0.3, -0.25) is 0 Å². The van der Waals surface area contributed by atoms with Gasteiger partial charge in [0.25, 0.3) is 0 Å². The molecule has 1 aliphatic carbocycles. The quantitative estimate of drug-likeness (QED) is 0.785. The molecule has 1 aromatic rings. The Kier molecular flexibility index (Phi) is 3.11. The highest BCUT2D eigenvalue weighted by atomic mass is 16.3. The first-order chi connectivity index (χ1) is 7.20. The molecule has 0 amide bonds. The number of hydrogen-bond donors (Lipinski definition) is 1. The Morgan fingerprint density at radius 1 is 1.40 bits per heavy atom. The number of fused-ring (bicyclic) bond motifs is 1. The number of aryl methyl sites for hydroxylation is 2. The maximum Gasteiger partial charge on any atom is 0.0459 e. The summed E-state index contributed by atoms with van der Waals surface area (Å²) in [5, 5.41) is 9.19. The molecule has 2 rings (SSSR count). The van der Waals surface area contributed by atoms with E-state index in [9.17, 15) is 5.11 Å². The van der Waals surface area contributed by atoms with Crippen LogP contribution in [0.2, 0.25) is 0 Å². The third-order valence-electron chi connectivity index (χ3n) is 3.72. The van der Waals surface area contributed by atoms with Crippen LogP contribution in [0.3, 0.4) is 0 Å². The molecule has 2 atom stereocenters. The van der Waals surface area contributed by atoms with E-state index in [4.69, 9.17) is 0 Å². The van der Waals surface area contributed by atoms with E-state index in [-0.39, 0.29) is 0 Å². The fourth-order valence-corrected chi connectivity index (χ4v) is 2.55. The van der Waals surface area contributed by atoms with Crippen molar-refractivity contribution in [2.75, 3.05) is 6.61 Å². The van der Waals surface area contributed by atoms with Crippen LogP contribution in [0, 0.1) is 18.8 Å². The summed E-state index contributed by atoms with van der Waals surface area (Å²) in [6, 6.07) is 6.78. The smallest absolute Gasteiger partial charge is 0.0459 e. The molecule has 1 nitrogen and oxygen atoms in total. The number of benzene rings is 1. The van der Waals surface area contributed by atoms with Crippen LogP contribution < -0.4 is 0 Å². The second-order valence-corrected chi connectivity index (χ2v) is 4.93. The molecule has 1 aromatic carbocycles. The molecule has 1 aliphatic rings. The van der Waals surface area contributed by atoms with Gasteiger partial charge in [0.1, 0.15) is 0 Å². The molecule has 0 fully saturated rings. The van der Waals surface area contributed by atoms with Gasteiger partial charge < -0.3 is 5.11 Å². The van der Waals surface area contributed by atoms with E-state index in [1.165, 1.54) is 29.5 Å². The van der Waals surface area contributed by atoms with Crippen molar-refractivity contribution < 1.29 is 5.11 Å². The van der Waals surface area contributed by atoms with Crippen LogP contribution in [-0.4, -0.2) is 11.7 Å². The van der Waals surface area contributed by atoms with Crippen molar-refractivity contribution in [2.45, 2.75) is 33.1 Å². The van der Waals surface area contributed by atoms with Gasteiger partial charge in [-0.1, -0.05) is 30.7 Å². The van der Waals surface area contributed by atoms with Gasteiger partial charge in [-0.15, -0.1) is 0 Å². The number of hydrogen-bond acceptors (Lipinski definition) is 1. The van der Waals surface area contributed by atoms with Crippen LogP contribution in [0.1, 0.15) is 30.0 Å². The Morgan fingerprint density at radius 2 is 2.20 bits per heavy atom. The lowest BCUT2D eigenvalue weighted by Gasteiger charge is -2.28. The summed E-state index contributed by atoms with van der Waals surface area (Å²) in [6.07, 6.45) is 3.57. The molecule has 2 unspecified atom stereocenters. The van der Waals surface area contributed by atoms with Crippen LogP contribution in [0.4, 0.5) is 0 Å². The Bertz CT molecular complexity index is 343. The first-order valence-electron chi connectivity index (χ1n) is 5.90. The average molecular weight is 204 g/mol. The normalized spacial score (nSPS) is 22.2. The van der Waals surface area contributed by atoms with Crippen LogP contribution in [0.25, 0.3) is 0 Å². The Hall–Kier alpha value is -0.820. The number of aliphatic hydroxyl groups is 1. The lowest BCUT2D eigenvalue weighted by Crippen LogP contribution is -2.23. The molecule has 0 saturated carbocycles. The van der Waals surface area contributed by atoms with Crippen molar-refractivity contribution in [3.63, 3.8) is 0 Å². The van der Waals surface area contributed by atoms with Crippen molar-refractivity contribution in [3.05, 3.63) is 34.9 Å². The van der Waals surface area contributed by atoms with E-state index in [0.717, 1.165) is 6.42 Å². The largest absolute Gasteiger partial charge is 0.396 e. The Balaban J connectivity index is 2.18. The van der Waals surface area contributed by atoms with Gasteiger partial charge in [-0.05, 0) is 49.1 Å². The fraction of sp³-hybridized carbons (Fsp3) is 0.571. The maximum atomic E-state index is 9.19. The minimum absolute atomic E-state index is 0.325. The molecule has 15 heavy (non-hydrogen) atoms. The summed E-state index contributed by atoms with van der Waals surface area (Å²) in [4.78, 5) is 0. The molecule has 1 heteroatoms. The first-order valence-corrected chi connectivity index (χ1v) is 5.90.